The number of fused-ring (bicyclic) bond motifs is 2. The Kier molecular flexibility index (Phi) is 6.39. The minimum absolute atomic E-state index is 0.0462. The SMILES string of the molecule is O=C(CSc1ccccn1)Nc1ccc2nc(SCc3cccc4ccccc34)sc2c1. The van der Waals surface area contributed by atoms with Gasteiger partial charge >= 0.3 is 0 Å². The summed E-state index contributed by atoms with van der Waals surface area (Å²) in [7, 11) is 0. The monoisotopic (exact) mass is 473 g/mol. The maximum absolute atomic E-state index is 12.3. The maximum Gasteiger partial charge on any atom is 0.234 e. The van der Waals surface area contributed by atoms with Crippen molar-refractivity contribution in [1.29, 1.82) is 0 Å². The number of pyridine rings is 1. The van der Waals surface area contributed by atoms with Crippen LogP contribution in [0.3, 0.4) is 0 Å². The zero-order chi connectivity index (χ0) is 21.8. The lowest BCUT2D eigenvalue weighted by Gasteiger charge is -2.04. The number of hydrogen-bond acceptors (Lipinski definition) is 6. The molecular formula is C25H19N3OS3. The summed E-state index contributed by atoms with van der Waals surface area (Å²) in [6.45, 7) is 0. The third-order valence-corrected chi connectivity index (χ3v) is 8.03. The average Bonchev–Trinajstić information content (AvgIpc) is 3.24. The van der Waals surface area contributed by atoms with Crippen molar-refractivity contribution >= 4 is 67.4 Å². The fraction of sp³-hybridized carbons (Fsp3) is 0.0800. The van der Waals surface area contributed by atoms with Gasteiger partial charge in [0.2, 0.25) is 5.91 Å². The van der Waals surface area contributed by atoms with Crippen LogP contribution in [-0.2, 0) is 10.5 Å². The number of aromatic nitrogens is 2. The van der Waals surface area contributed by atoms with Crippen molar-refractivity contribution in [1.82, 2.24) is 9.97 Å². The number of rotatable bonds is 7. The Balaban J connectivity index is 1.24. The number of carbonyl (C=O) groups excluding carboxylic acids is 1. The highest BCUT2D eigenvalue weighted by Gasteiger charge is 2.09. The largest absolute Gasteiger partial charge is 0.325 e. The first-order valence-corrected chi connectivity index (χ1v) is 12.9. The second-order valence-electron chi connectivity index (χ2n) is 7.09. The van der Waals surface area contributed by atoms with Crippen molar-refractivity contribution < 1.29 is 4.79 Å². The predicted molar refractivity (Wildman–Crippen MR) is 137 cm³/mol. The van der Waals surface area contributed by atoms with Crippen LogP contribution < -0.4 is 5.32 Å². The van der Waals surface area contributed by atoms with E-state index in [1.165, 1.54) is 28.1 Å². The summed E-state index contributed by atoms with van der Waals surface area (Å²) in [4.78, 5) is 21.3. The van der Waals surface area contributed by atoms with Crippen LogP contribution in [-0.4, -0.2) is 21.6 Å². The van der Waals surface area contributed by atoms with E-state index in [-0.39, 0.29) is 5.91 Å². The third kappa shape index (κ3) is 4.96. The fourth-order valence-electron chi connectivity index (χ4n) is 3.37. The minimum atomic E-state index is -0.0462. The van der Waals surface area contributed by atoms with Crippen LogP contribution in [0.15, 0.2) is 94.4 Å². The molecule has 1 amide bonds. The van der Waals surface area contributed by atoms with Crippen LogP contribution >= 0.6 is 34.9 Å². The Morgan fingerprint density at radius 3 is 2.72 bits per heavy atom. The normalized spacial score (nSPS) is 11.1. The highest BCUT2D eigenvalue weighted by Crippen LogP contribution is 2.34. The molecule has 4 nitrogen and oxygen atoms in total. The van der Waals surface area contributed by atoms with Crippen LogP contribution in [0.25, 0.3) is 21.0 Å². The van der Waals surface area contributed by atoms with E-state index < -0.39 is 0 Å². The van der Waals surface area contributed by atoms with Gasteiger partial charge in [-0.3, -0.25) is 4.79 Å². The third-order valence-electron chi connectivity index (χ3n) is 4.87. The van der Waals surface area contributed by atoms with Gasteiger partial charge in [0, 0.05) is 17.6 Å². The zero-order valence-corrected chi connectivity index (χ0v) is 19.5. The molecule has 0 saturated heterocycles. The van der Waals surface area contributed by atoms with Crippen molar-refractivity contribution in [3.8, 4) is 0 Å². The van der Waals surface area contributed by atoms with Gasteiger partial charge in [-0.25, -0.2) is 9.97 Å². The quantitative estimate of drug-likeness (QED) is 0.262. The molecule has 2 heterocycles. The smallest absolute Gasteiger partial charge is 0.234 e. The van der Waals surface area contributed by atoms with E-state index in [1.807, 2.05) is 36.4 Å². The lowest BCUT2D eigenvalue weighted by Crippen LogP contribution is -2.13. The molecule has 0 spiro atoms. The van der Waals surface area contributed by atoms with Crippen molar-refractivity contribution in [3.05, 3.63) is 90.6 Å². The number of benzene rings is 3. The first-order valence-electron chi connectivity index (χ1n) is 10.1. The molecule has 0 aliphatic heterocycles. The van der Waals surface area contributed by atoms with Gasteiger partial charge in [0.15, 0.2) is 4.34 Å². The fourth-order valence-corrected chi connectivity index (χ4v) is 6.14. The molecule has 0 unspecified atom stereocenters. The van der Waals surface area contributed by atoms with Gasteiger partial charge in [-0.1, -0.05) is 72.1 Å². The highest BCUT2D eigenvalue weighted by molar-refractivity contribution is 8.00. The topological polar surface area (TPSA) is 54.9 Å². The molecule has 158 valence electrons. The van der Waals surface area contributed by atoms with Crippen LogP contribution in [0.5, 0.6) is 0 Å². The van der Waals surface area contributed by atoms with Gasteiger partial charge in [0.25, 0.3) is 0 Å². The van der Waals surface area contributed by atoms with E-state index in [1.54, 1.807) is 29.3 Å². The molecule has 32 heavy (non-hydrogen) atoms. The number of thiazole rings is 1. The van der Waals surface area contributed by atoms with E-state index in [0.717, 1.165) is 31.0 Å². The Hall–Kier alpha value is -2.87. The molecule has 0 fully saturated rings. The van der Waals surface area contributed by atoms with Crippen LogP contribution in [0.1, 0.15) is 5.56 Å². The molecule has 0 aliphatic rings. The Morgan fingerprint density at radius 1 is 0.938 bits per heavy atom. The molecular weight excluding hydrogens is 454 g/mol. The van der Waals surface area contributed by atoms with Gasteiger partial charge in [-0.2, -0.15) is 0 Å². The van der Waals surface area contributed by atoms with Crippen LogP contribution in [0, 0.1) is 0 Å². The number of nitrogens with one attached hydrogen (secondary N) is 1. The summed E-state index contributed by atoms with van der Waals surface area (Å²) in [5.41, 5.74) is 3.06. The number of anilines is 1. The Bertz CT molecular complexity index is 1380. The number of hydrogen-bond donors (Lipinski definition) is 1. The van der Waals surface area contributed by atoms with Crippen molar-refractivity contribution in [2.45, 2.75) is 15.1 Å². The number of nitrogens with zero attached hydrogens (tertiary/aromatic N) is 2. The molecule has 0 aliphatic carbocycles. The molecule has 3 aromatic carbocycles. The Morgan fingerprint density at radius 2 is 1.81 bits per heavy atom. The summed E-state index contributed by atoms with van der Waals surface area (Å²) < 4.78 is 2.10. The molecule has 0 saturated carbocycles. The first-order chi connectivity index (χ1) is 15.7. The predicted octanol–water partition coefficient (Wildman–Crippen LogP) is 6.87. The van der Waals surface area contributed by atoms with E-state index in [9.17, 15) is 4.79 Å². The standard InChI is InChI=1S/C25H19N3OS3/c29-23(16-30-24-10-3-4-13-26-24)27-19-11-12-21-22(14-19)32-25(28-21)31-15-18-8-5-7-17-6-1-2-9-20(17)18/h1-14H,15-16H2,(H,27,29). The maximum atomic E-state index is 12.3. The van der Waals surface area contributed by atoms with E-state index in [0.29, 0.717) is 5.75 Å². The zero-order valence-electron chi connectivity index (χ0n) is 17.0. The van der Waals surface area contributed by atoms with Gasteiger partial charge in [0.1, 0.15) is 0 Å². The molecule has 5 aromatic rings. The summed E-state index contributed by atoms with van der Waals surface area (Å²) in [6, 6.07) is 26.5. The Labute approximate surface area is 198 Å². The van der Waals surface area contributed by atoms with Crippen LogP contribution in [0.2, 0.25) is 0 Å². The first kappa shape index (κ1) is 21.0. The van der Waals surface area contributed by atoms with Crippen molar-refractivity contribution in [2.24, 2.45) is 0 Å². The van der Waals surface area contributed by atoms with Gasteiger partial charge in [0.05, 0.1) is 21.0 Å². The van der Waals surface area contributed by atoms with E-state index in [2.05, 4.69) is 52.8 Å². The number of amides is 1. The molecule has 0 bridgehead atoms. The van der Waals surface area contributed by atoms with Crippen LogP contribution in [0.4, 0.5) is 5.69 Å². The number of thioether (sulfide) groups is 2. The second kappa shape index (κ2) is 9.73. The van der Waals surface area contributed by atoms with Crippen molar-refractivity contribution in [3.63, 3.8) is 0 Å². The summed E-state index contributed by atoms with van der Waals surface area (Å²) in [6.07, 6.45) is 1.73. The second-order valence-corrected chi connectivity index (χ2v) is 10.3. The van der Waals surface area contributed by atoms with E-state index >= 15 is 0 Å². The van der Waals surface area contributed by atoms with Crippen molar-refractivity contribution in [2.75, 3.05) is 11.1 Å². The molecule has 0 atom stereocenters. The lowest BCUT2D eigenvalue weighted by molar-refractivity contribution is -0.113. The minimum Gasteiger partial charge on any atom is -0.325 e. The van der Waals surface area contributed by atoms with E-state index in [4.69, 9.17) is 4.98 Å². The summed E-state index contributed by atoms with van der Waals surface area (Å²) in [5, 5.41) is 6.37. The summed E-state index contributed by atoms with van der Waals surface area (Å²) in [5.74, 6) is 1.15. The molecule has 2 aromatic heterocycles. The highest BCUT2D eigenvalue weighted by atomic mass is 32.2. The van der Waals surface area contributed by atoms with Gasteiger partial charge < -0.3 is 5.32 Å². The van der Waals surface area contributed by atoms with Gasteiger partial charge in [-0.15, -0.1) is 11.3 Å². The molecule has 7 heteroatoms. The lowest BCUT2D eigenvalue weighted by atomic mass is 10.1. The summed E-state index contributed by atoms with van der Waals surface area (Å²) >= 11 is 4.83. The molecule has 0 radical (unpaired) electrons. The number of carbonyl (C=O) groups is 1. The molecule has 5 rings (SSSR count). The average molecular weight is 474 g/mol. The molecule has 1 N–H and O–H groups in total. The van der Waals surface area contributed by atoms with Gasteiger partial charge in [-0.05, 0) is 46.7 Å².